The van der Waals surface area contributed by atoms with Gasteiger partial charge >= 0.3 is 0 Å². The Morgan fingerprint density at radius 2 is 2.00 bits per heavy atom. The SMILES string of the molecule is C=CC(=C/C(C)Br)/C(=C\CC)C(=C/OCC)/C=N/O.CC=O. The molecule has 0 spiro atoms. The Bertz CT molecular complexity index is 435. The van der Waals surface area contributed by atoms with Gasteiger partial charge in [-0.05, 0) is 38.3 Å². The van der Waals surface area contributed by atoms with E-state index in [4.69, 9.17) is 14.7 Å². The average molecular weight is 372 g/mol. The predicted octanol–water partition coefficient (Wildman–Crippen LogP) is 4.80. The van der Waals surface area contributed by atoms with Crippen molar-refractivity contribution in [3.8, 4) is 0 Å². The number of carbonyl (C=O) groups excluding carboxylic acids is 1. The average Bonchev–Trinajstić information content (AvgIpc) is 2.48. The molecular weight excluding hydrogens is 346 g/mol. The molecule has 5 heteroatoms. The zero-order valence-corrected chi connectivity index (χ0v) is 15.3. The lowest BCUT2D eigenvalue weighted by molar-refractivity contribution is -0.106. The minimum atomic E-state index is 0.222. The van der Waals surface area contributed by atoms with Crippen molar-refractivity contribution in [1.82, 2.24) is 0 Å². The van der Waals surface area contributed by atoms with Crippen LogP contribution in [0.25, 0.3) is 0 Å². The maximum absolute atomic E-state index is 8.81. The fourth-order valence-corrected chi connectivity index (χ4v) is 1.81. The number of rotatable bonds is 8. The summed E-state index contributed by atoms with van der Waals surface area (Å²) in [5, 5.41) is 11.9. The number of hydrogen-bond donors (Lipinski definition) is 1. The largest absolute Gasteiger partial charge is 0.501 e. The van der Waals surface area contributed by atoms with E-state index in [9.17, 15) is 0 Å². The molecular formula is C17H26BrNO3. The van der Waals surface area contributed by atoms with Crippen molar-refractivity contribution in [2.75, 3.05) is 6.61 Å². The van der Waals surface area contributed by atoms with Crippen molar-refractivity contribution in [3.05, 3.63) is 47.8 Å². The van der Waals surface area contributed by atoms with Crippen molar-refractivity contribution < 1.29 is 14.7 Å². The van der Waals surface area contributed by atoms with Crippen LogP contribution in [0.5, 0.6) is 0 Å². The monoisotopic (exact) mass is 371 g/mol. The van der Waals surface area contributed by atoms with Gasteiger partial charge in [-0.3, -0.25) is 0 Å². The standard InChI is InChI=1S/C15H22BrNO2.C2H4O/c1-5-8-15(13(6-2)9-12(4)16)14(10-17-18)11-19-7-3;1-2-3/h6,8-12,18H,2,5,7H2,1,3-4H3;2H,1H3/b13-9-,14-11+,15-8+,17-10+;. The number of nitrogens with zero attached hydrogens (tertiary/aromatic N) is 1. The number of hydrogen-bond acceptors (Lipinski definition) is 4. The summed E-state index contributed by atoms with van der Waals surface area (Å²) in [5.74, 6) is 0. The molecule has 0 radical (unpaired) electrons. The minimum absolute atomic E-state index is 0.222. The van der Waals surface area contributed by atoms with Gasteiger partial charge < -0.3 is 14.7 Å². The molecule has 22 heavy (non-hydrogen) atoms. The van der Waals surface area contributed by atoms with E-state index >= 15 is 0 Å². The highest BCUT2D eigenvalue weighted by Crippen LogP contribution is 2.22. The number of allylic oxidation sites excluding steroid dienone is 6. The molecule has 0 aromatic rings. The number of alkyl halides is 1. The first-order valence-corrected chi connectivity index (χ1v) is 8.01. The highest BCUT2D eigenvalue weighted by molar-refractivity contribution is 9.09. The summed E-state index contributed by atoms with van der Waals surface area (Å²) in [5.41, 5.74) is 2.62. The molecule has 0 rings (SSSR count). The Kier molecular flexibility index (Phi) is 16.2. The molecule has 0 aliphatic rings. The zero-order chi connectivity index (χ0) is 17.4. The molecule has 0 fully saturated rings. The smallest absolute Gasteiger partial charge is 0.116 e. The van der Waals surface area contributed by atoms with Gasteiger partial charge in [0.05, 0.1) is 19.1 Å². The molecule has 0 aliphatic heterocycles. The molecule has 1 N–H and O–H groups in total. The quantitative estimate of drug-likeness (QED) is 0.127. The van der Waals surface area contributed by atoms with E-state index in [0.717, 1.165) is 23.9 Å². The van der Waals surface area contributed by atoms with Gasteiger partial charge in [-0.15, -0.1) is 0 Å². The van der Waals surface area contributed by atoms with E-state index in [2.05, 4.69) is 33.7 Å². The van der Waals surface area contributed by atoms with Crippen molar-refractivity contribution in [1.29, 1.82) is 0 Å². The summed E-state index contributed by atoms with van der Waals surface area (Å²) < 4.78 is 5.30. The molecule has 4 nitrogen and oxygen atoms in total. The molecule has 0 aromatic carbocycles. The van der Waals surface area contributed by atoms with Crippen LogP contribution in [0.15, 0.2) is 52.9 Å². The Labute approximate surface area is 142 Å². The molecule has 0 aromatic heterocycles. The van der Waals surface area contributed by atoms with Crippen LogP contribution >= 0.6 is 15.9 Å². The number of aldehydes is 1. The Balaban J connectivity index is 0. The molecule has 0 heterocycles. The first-order valence-electron chi connectivity index (χ1n) is 7.10. The number of ether oxygens (including phenoxy) is 1. The molecule has 0 saturated heterocycles. The van der Waals surface area contributed by atoms with Gasteiger partial charge in [0, 0.05) is 10.4 Å². The van der Waals surface area contributed by atoms with Crippen molar-refractivity contribution in [3.63, 3.8) is 0 Å². The third-order valence-electron chi connectivity index (χ3n) is 2.23. The maximum atomic E-state index is 8.81. The van der Waals surface area contributed by atoms with E-state index < -0.39 is 0 Å². The van der Waals surface area contributed by atoms with Crippen molar-refractivity contribution in [2.24, 2.45) is 5.16 Å². The van der Waals surface area contributed by atoms with Crippen LogP contribution in [0.4, 0.5) is 0 Å². The van der Waals surface area contributed by atoms with Gasteiger partial charge in [0.15, 0.2) is 0 Å². The van der Waals surface area contributed by atoms with Crippen molar-refractivity contribution in [2.45, 2.75) is 38.9 Å². The van der Waals surface area contributed by atoms with Crippen LogP contribution in [0.2, 0.25) is 0 Å². The van der Waals surface area contributed by atoms with Gasteiger partial charge in [0.1, 0.15) is 6.29 Å². The van der Waals surface area contributed by atoms with Crippen LogP contribution in [0.1, 0.15) is 34.1 Å². The molecule has 0 amide bonds. The van der Waals surface area contributed by atoms with Crippen LogP contribution < -0.4 is 0 Å². The molecule has 1 atom stereocenters. The number of oxime groups is 1. The van der Waals surface area contributed by atoms with Gasteiger partial charge in [0.25, 0.3) is 0 Å². The molecule has 124 valence electrons. The summed E-state index contributed by atoms with van der Waals surface area (Å²) in [6.07, 6.45) is 10.4. The molecule has 0 saturated carbocycles. The predicted molar refractivity (Wildman–Crippen MR) is 96.8 cm³/mol. The van der Waals surface area contributed by atoms with E-state index in [0.29, 0.717) is 12.2 Å². The summed E-state index contributed by atoms with van der Waals surface area (Å²) in [6, 6.07) is 0. The van der Waals surface area contributed by atoms with E-state index in [1.165, 1.54) is 13.1 Å². The number of halogens is 1. The summed E-state index contributed by atoms with van der Waals surface area (Å²) >= 11 is 3.49. The Hall–Kier alpha value is -1.62. The summed E-state index contributed by atoms with van der Waals surface area (Å²) in [6.45, 7) is 11.8. The first kappa shape index (κ1) is 22.7. The van der Waals surface area contributed by atoms with Crippen LogP contribution in [0, 0.1) is 0 Å². The second-order valence-electron chi connectivity index (χ2n) is 4.04. The molecule has 1 unspecified atom stereocenters. The lowest BCUT2D eigenvalue weighted by Gasteiger charge is -2.11. The molecule has 0 bridgehead atoms. The van der Waals surface area contributed by atoms with Crippen LogP contribution in [-0.4, -0.2) is 29.1 Å². The number of carbonyl (C=O) groups is 1. The summed E-state index contributed by atoms with van der Waals surface area (Å²) in [4.78, 5) is 9.03. The van der Waals surface area contributed by atoms with E-state index in [1.54, 1.807) is 12.3 Å². The second-order valence-corrected chi connectivity index (χ2v) is 5.48. The highest BCUT2D eigenvalue weighted by atomic mass is 79.9. The normalized spacial score (nSPS) is 14.1. The topological polar surface area (TPSA) is 58.9 Å². The first-order chi connectivity index (χ1) is 10.5. The second kappa shape index (κ2) is 15.8. The van der Waals surface area contributed by atoms with Crippen molar-refractivity contribution >= 4 is 28.4 Å². The maximum Gasteiger partial charge on any atom is 0.116 e. The summed E-state index contributed by atoms with van der Waals surface area (Å²) in [7, 11) is 0. The lowest BCUT2D eigenvalue weighted by Crippen LogP contribution is -1.99. The minimum Gasteiger partial charge on any atom is -0.501 e. The third kappa shape index (κ3) is 11.1. The van der Waals surface area contributed by atoms with E-state index in [1.807, 2.05) is 26.8 Å². The van der Waals surface area contributed by atoms with Crippen LogP contribution in [-0.2, 0) is 9.53 Å². The van der Waals surface area contributed by atoms with Crippen LogP contribution in [0.3, 0.4) is 0 Å². The third-order valence-corrected chi connectivity index (χ3v) is 2.50. The fourth-order valence-electron chi connectivity index (χ4n) is 1.52. The van der Waals surface area contributed by atoms with Gasteiger partial charge in [-0.1, -0.05) is 52.8 Å². The highest BCUT2D eigenvalue weighted by Gasteiger charge is 2.08. The molecule has 0 aliphatic carbocycles. The van der Waals surface area contributed by atoms with E-state index in [-0.39, 0.29) is 4.83 Å². The zero-order valence-electron chi connectivity index (χ0n) is 13.8. The van der Waals surface area contributed by atoms with Gasteiger partial charge in [0.2, 0.25) is 0 Å². The Morgan fingerprint density at radius 1 is 1.41 bits per heavy atom. The Morgan fingerprint density at radius 3 is 2.36 bits per heavy atom. The lowest BCUT2D eigenvalue weighted by atomic mass is 9.97. The van der Waals surface area contributed by atoms with Gasteiger partial charge in [-0.25, -0.2) is 0 Å². The fraction of sp³-hybridized carbons (Fsp3) is 0.412. The van der Waals surface area contributed by atoms with Gasteiger partial charge in [-0.2, -0.15) is 0 Å².